The zero-order valence-corrected chi connectivity index (χ0v) is 15.1. The van der Waals surface area contributed by atoms with Crippen molar-refractivity contribution in [2.45, 2.75) is 19.8 Å². The maximum Gasteiger partial charge on any atom is 0.281 e. The summed E-state index contributed by atoms with van der Waals surface area (Å²) in [6.07, 6.45) is 1.34. The number of benzene rings is 1. The number of anilines is 1. The van der Waals surface area contributed by atoms with Crippen molar-refractivity contribution in [1.82, 2.24) is 8.61 Å². The van der Waals surface area contributed by atoms with Gasteiger partial charge in [0.25, 0.3) is 10.2 Å². The third kappa shape index (κ3) is 4.23. The lowest BCUT2D eigenvalue weighted by Crippen LogP contribution is -2.47. The Hall–Kier alpha value is -1.15. The topological polar surface area (TPSA) is 69.7 Å². The molecule has 1 aromatic carbocycles. The van der Waals surface area contributed by atoms with Gasteiger partial charge in [0, 0.05) is 37.9 Å². The predicted octanol–water partition coefficient (Wildman–Crippen LogP) is 2.11. The second-order valence-corrected chi connectivity index (χ2v) is 8.51. The first-order valence-electron chi connectivity index (χ1n) is 7.46. The molecule has 0 saturated carbocycles. The zero-order valence-electron chi connectivity index (χ0n) is 13.5. The normalized spacial score (nSPS) is 19.8. The molecule has 1 aliphatic rings. The van der Waals surface area contributed by atoms with E-state index >= 15 is 0 Å². The van der Waals surface area contributed by atoms with E-state index in [4.69, 9.17) is 11.6 Å². The number of nitrogens with one attached hydrogen (secondary N) is 1. The number of aryl methyl sites for hydroxylation is 1. The molecule has 8 heteroatoms. The molecular weight excluding hydrogens is 338 g/mol. The van der Waals surface area contributed by atoms with Crippen LogP contribution in [0.4, 0.5) is 5.69 Å². The number of halogens is 1. The van der Waals surface area contributed by atoms with Crippen molar-refractivity contribution in [3.8, 4) is 0 Å². The van der Waals surface area contributed by atoms with Crippen LogP contribution in [0.3, 0.4) is 0 Å². The fourth-order valence-electron chi connectivity index (χ4n) is 2.56. The molecule has 0 bridgehead atoms. The first-order chi connectivity index (χ1) is 10.7. The second-order valence-electron chi connectivity index (χ2n) is 5.94. The molecule has 1 aliphatic heterocycles. The molecule has 1 amide bonds. The quantitative estimate of drug-likeness (QED) is 0.895. The van der Waals surface area contributed by atoms with Gasteiger partial charge in [0.1, 0.15) is 0 Å². The van der Waals surface area contributed by atoms with Crippen LogP contribution in [0.5, 0.6) is 0 Å². The van der Waals surface area contributed by atoms with Gasteiger partial charge in [0.15, 0.2) is 0 Å². The Labute approximate surface area is 142 Å². The summed E-state index contributed by atoms with van der Waals surface area (Å²) in [5.74, 6) is -0.536. The van der Waals surface area contributed by atoms with E-state index in [9.17, 15) is 13.2 Å². The molecular formula is C15H22ClN3O3S. The second kappa shape index (κ2) is 7.17. The molecule has 0 radical (unpaired) electrons. The van der Waals surface area contributed by atoms with Crippen molar-refractivity contribution in [3.05, 3.63) is 28.8 Å². The molecule has 0 aliphatic carbocycles. The third-order valence-electron chi connectivity index (χ3n) is 4.00. The van der Waals surface area contributed by atoms with Gasteiger partial charge in [-0.05, 0) is 37.5 Å². The molecule has 0 spiro atoms. The van der Waals surface area contributed by atoms with Crippen molar-refractivity contribution in [1.29, 1.82) is 0 Å². The third-order valence-corrected chi connectivity index (χ3v) is 6.14. The van der Waals surface area contributed by atoms with E-state index in [1.807, 2.05) is 13.0 Å². The highest BCUT2D eigenvalue weighted by atomic mass is 35.5. The van der Waals surface area contributed by atoms with Crippen LogP contribution in [0.1, 0.15) is 18.4 Å². The van der Waals surface area contributed by atoms with E-state index in [1.54, 1.807) is 12.1 Å². The van der Waals surface area contributed by atoms with Gasteiger partial charge in [0.2, 0.25) is 5.91 Å². The van der Waals surface area contributed by atoms with Gasteiger partial charge in [-0.1, -0.05) is 17.7 Å². The molecule has 1 saturated heterocycles. The molecule has 1 atom stereocenters. The van der Waals surface area contributed by atoms with Crippen LogP contribution in [0.2, 0.25) is 5.02 Å². The van der Waals surface area contributed by atoms with E-state index in [1.165, 1.54) is 22.7 Å². The van der Waals surface area contributed by atoms with Crippen LogP contribution in [0.15, 0.2) is 18.2 Å². The SMILES string of the molecule is Cc1ccc(Cl)cc1NC(=O)[C@@H]1CCCN(S(=O)(=O)N(C)C)C1. The summed E-state index contributed by atoms with van der Waals surface area (Å²) in [5.41, 5.74) is 1.58. The van der Waals surface area contributed by atoms with Gasteiger partial charge >= 0.3 is 0 Å². The summed E-state index contributed by atoms with van der Waals surface area (Å²) in [6.45, 7) is 2.53. The van der Waals surface area contributed by atoms with Crippen LogP contribution >= 0.6 is 11.6 Å². The monoisotopic (exact) mass is 359 g/mol. The van der Waals surface area contributed by atoms with Crippen LogP contribution in [-0.4, -0.2) is 50.1 Å². The van der Waals surface area contributed by atoms with Crippen LogP contribution in [0, 0.1) is 12.8 Å². The lowest BCUT2D eigenvalue weighted by molar-refractivity contribution is -0.120. The van der Waals surface area contributed by atoms with Crippen molar-refractivity contribution in [2.24, 2.45) is 5.92 Å². The molecule has 1 aromatic rings. The molecule has 6 nitrogen and oxygen atoms in total. The summed E-state index contributed by atoms with van der Waals surface area (Å²) in [5, 5.41) is 3.41. The summed E-state index contributed by atoms with van der Waals surface area (Å²) in [7, 11) is -0.500. The van der Waals surface area contributed by atoms with Crippen molar-refractivity contribution in [2.75, 3.05) is 32.5 Å². The largest absolute Gasteiger partial charge is 0.326 e. The highest BCUT2D eigenvalue weighted by Crippen LogP contribution is 2.24. The lowest BCUT2D eigenvalue weighted by atomic mass is 9.98. The highest BCUT2D eigenvalue weighted by molar-refractivity contribution is 7.86. The minimum Gasteiger partial charge on any atom is -0.326 e. The molecule has 1 fully saturated rings. The van der Waals surface area contributed by atoms with Gasteiger partial charge in [-0.2, -0.15) is 17.0 Å². The van der Waals surface area contributed by atoms with E-state index < -0.39 is 10.2 Å². The van der Waals surface area contributed by atoms with Gasteiger partial charge < -0.3 is 5.32 Å². The number of hydrogen-bond donors (Lipinski definition) is 1. The molecule has 128 valence electrons. The van der Waals surface area contributed by atoms with E-state index in [-0.39, 0.29) is 18.4 Å². The van der Waals surface area contributed by atoms with Crippen molar-refractivity contribution < 1.29 is 13.2 Å². The van der Waals surface area contributed by atoms with E-state index in [0.29, 0.717) is 30.1 Å². The number of piperidine rings is 1. The summed E-state index contributed by atoms with van der Waals surface area (Å²) >= 11 is 5.96. The molecule has 1 heterocycles. The Balaban J connectivity index is 2.09. The highest BCUT2D eigenvalue weighted by Gasteiger charge is 2.33. The lowest BCUT2D eigenvalue weighted by Gasteiger charge is -2.32. The smallest absolute Gasteiger partial charge is 0.281 e. The summed E-state index contributed by atoms with van der Waals surface area (Å²) < 4.78 is 27.0. The van der Waals surface area contributed by atoms with Crippen LogP contribution in [0.25, 0.3) is 0 Å². The summed E-state index contributed by atoms with van der Waals surface area (Å²) in [4.78, 5) is 12.5. The number of rotatable bonds is 4. The molecule has 1 N–H and O–H groups in total. The number of carbonyl (C=O) groups excluding carboxylic acids is 1. The Morgan fingerprint density at radius 1 is 1.39 bits per heavy atom. The minimum atomic E-state index is -3.49. The van der Waals surface area contributed by atoms with Gasteiger partial charge in [-0.15, -0.1) is 0 Å². The molecule has 0 aromatic heterocycles. The Morgan fingerprint density at radius 2 is 2.09 bits per heavy atom. The molecule has 23 heavy (non-hydrogen) atoms. The fourth-order valence-corrected chi connectivity index (χ4v) is 3.92. The maximum absolute atomic E-state index is 12.5. The van der Waals surface area contributed by atoms with Gasteiger partial charge in [-0.3, -0.25) is 4.79 Å². The maximum atomic E-state index is 12.5. The van der Waals surface area contributed by atoms with Crippen LogP contribution in [-0.2, 0) is 15.0 Å². The van der Waals surface area contributed by atoms with Crippen molar-refractivity contribution >= 4 is 33.4 Å². The van der Waals surface area contributed by atoms with E-state index in [2.05, 4.69) is 5.32 Å². The fraction of sp³-hybridized carbons (Fsp3) is 0.533. The minimum absolute atomic E-state index is 0.172. The Bertz CT molecular complexity index is 691. The van der Waals surface area contributed by atoms with E-state index in [0.717, 1.165) is 5.56 Å². The number of amides is 1. The molecule has 0 unspecified atom stereocenters. The van der Waals surface area contributed by atoms with Crippen LogP contribution < -0.4 is 5.32 Å². The van der Waals surface area contributed by atoms with Gasteiger partial charge in [0.05, 0.1) is 5.92 Å². The average Bonchev–Trinajstić information content (AvgIpc) is 2.50. The first kappa shape index (κ1) is 18.2. The number of nitrogens with zero attached hydrogens (tertiary/aromatic N) is 2. The zero-order chi connectivity index (χ0) is 17.2. The Kier molecular flexibility index (Phi) is 5.67. The average molecular weight is 360 g/mol. The number of hydrogen-bond acceptors (Lipinski definition) is 3. The molecule has 2 rings (SSSR count). The number of carbonyl (C=O) groups is 1. The first-order valence-corrected chi connectivity index (χ1v) is 9.24. The van der Waals surface area contributed by atoms with Crippen molar-refractivity contribution in [3.63, 3.8) is 0 Å². The summed E-state index contributed by atoms with van der Waals surface area (Å²) in [6, 6.07) is 5.30. The Morgan fingerprint density at radius 3 is 2.74 bits per heavy atom. The van der Waals surface area contributed by atoms with Gasteiger partial charge in [-0.25, -0.2) is 0 Å². The standard InChI is InChI=1S/C15H22ClN3O3S/c1-11-6-7-13(16)9-14(11)17-15(20)12-5-4-8-19(10-12)23(21,22)18(2)3/h6-7,9,12H,4-5,8,10H2,1-3H3,(H,17,20)/t12-/m1/s1. The predicted molar refractivity (Wildman–Crippen MR) is 91.7 cm³/mol.